The van der Waals surface area contributed by atoms with E-state index in [2.05, 4.69) is 186 Å². The maximum Gasteiger partial charge on any atom is 0.0125 e. The summed E-state index contributed by atoms with van der Waals surface area (Å²) in [7, 11) is 0. The van der Waals surface area contributed by atoms with Crippen LogP contribution in [0.3, 0.4) is 0 Å². The van der Waals surface area contributed by atoms with Crippen LogP contribution < -0.4 is 0 Å². The van der Waals surface area contributed by atoms with Crippen molar-refractivity contribution in [2.75, 3.05) is 52.4 Å². The Morgan fingerprint density at radius 1 is 0.241 bits per heavy atom. The molecule has 4 saturated heterocycles. The molecule has 4 heterocycles. The molecule has 0 aromatic rings. The van der Waals surface area contributed by atoms with Gasteiger partial charge in [0.2, 0.25) is 0 Å². The van der Waals surface area contributed by atoms with Gasteiger partial charge >= 0.3 is 0 Å². The lowest BCUT2D eigenvalue weighted by Crippen LogP contribution is -2.47. The topological polar surface area (TPSA) is 13.0 Å². The lowest BCUT2D eigenvalue weighted by molar-refractivity contribution is 0.0532. The van der Waals surface area contributed by atoms with E-state index in [9.17, 15) is 0 Å². The standard InChI is InChI=1S/2C13H27N.2C12H25N/c2*1-12(2,3)11-7-9-14(10-8-11)13(4,5)6;2*1-11(2,3)10-7-8-13(9-10)12(4,5)6/h2*11H,7-10H2,1-6H3;2*10H,7-9H2,1-6H3. The summed E-state index contributed by atoms with van der Waals surface area (Å²) < 4.78 is 0. The molecule has 4 fully saturated rings. The van der Waals surface area contributed by atoms with Crippen molar-refractivity contribution in [1.29, 1.82) is 0 Å². The fourth-order valence-electron chi connectivity index (χ4n) is 8.99. The molecule has 4 aliphatic heterocycles. The van der Waals surface area contributed by atoms with Gasteiger partial charge in [0, 0.05) is 35.2 Å². The molecule has 0 N–H and O–H groups in total. The van der Waals surface area contributed by atoms with Gasteiger partial charge < -0.3 is 0 Å². The number of likely N-dealkylation sites (tertiary alicyclic amines) is 4. The van der Waals surface area contributed by atoms with Gasteiger partial charge in [-0.15, -0.1) is 0 Å². The van der Waals surface area contributed by atoms with E-state index in [0.29, 0.717) is 43.8 Å². The summed E-state index contributed by atoms with van der Waals surface area (Å²) in [5.41, 5.74) is 3.43. The molecule has 0 bridgehead atoms. The maximum absolute atomic E-state index is 2.62. The third-order valence-corrected chi connectivity index (χ3v) is 14.1. The normalized spacial score (nSPS) is 24.7. The zero-order chi connectivity index (χ0) is 42.5. The summed E-state index contributed by atoms with van der Waals surface area (Å²) in [4.78, 5) is 10.5. The summed E-state index contributed by atoms with van der Waals surface area (Å²) in [5.74, 6) is 3.60. The van der Waals surface area contributed by atoms with E-state index in [4.69, 9.17) is 0 Å². The number of nitrogens with zero attached hydrogens (tertiary/aromatic N) is 4. The van der Waals surface area contributed by atoms with Crippen LogP contribution in [0.25, 0.3) is 0 Å². The second-order valence-corrected chi connectivity index (χ2v) is 26.5. The average Bonchev–Trinajstić information content (AvgIpc) is 3.68. The smallest absolute Gasteiger partial charge is 0.0125 e. The first-order valence-electron chi connectivity index (χ1n) is 22.8. The highest BCUT2D eigenvalue weighted by atomic mass is 15.2. The highest BCUT2D eigenvalue weighted by Crippen LogP contribution is 2.39. The van der Waals surface area contributed by atoms with Crippen molar-refractivity contribution in [3.8, 4) is 0 Å². The molecule has 0 spiro atoms. The van der Waals surface area contributed by atoms with Crippen molar-refractivity contribution in [1.82, 2.24) is 19.6 Å². The Bertz CT molecular complexity index is 864. The molecule has 0 radical (unpaired) electrons. The van der Waals surface area contributed by atoms with E-state index >= 15 is 0 Å². The number of hydrogen-bond donors (Lipinski definition) is 0. The van der Waals surface area contributed by atoms with Crippen LogP contribution in [-0.2, 0) is 0 Å². The molecule has 4 aliphatic rings. The van der Waals surface area contributed by atoms with Crippen LogP contribution in [0.2, 0.25) is 0 Å². The van der Waals surface area contributed by atoms with Gasteiger partial charge in [-0.25, -0.2) is 0 Å². The molecule has 0 aromatic carbocycles. The zero-order valence-corrected chi connectivity index (χ0v) is 42.0. The van der Waals surface area contributed by atoms with E-state index < -0.39 is 0 Å². The summed E-state index contributed by atoms with van der Waals surface area (Å²) >= 11 is 0. The minimum absolute atomic E-state index is 0.361. The van der Waals surface area contributed by atoms with Gasteiger partial charge in [0.05, 0.1) is 0 Å². The molecule has 4 heteroatoms. The Morgan fingerprint density at radius 2 is 0.407 bits per heavy atom. The molecule has 4 rings (SSSR count). The number of hydrogen-bond acceptors (Lipinski definition) is 4. The van der Waals surface area contributed by atoms with Crippen molar-refractivity contribution in [2.24, 2.45) is 45.3 Å². The monoisotopic (exact) mass is 761 g/mol. The molecule has 0 saturated carbocycles. The third-order valence-electron chi connectivity index (χ3n) is 14.1. The first-order valence-corrected chi connectivity index (χ1v) is 22.8. The summed E-state index contributed by atoms with van der Waals surface area (Å²) in [6.07, 6.45) is 8.25. The molecule has 324 valence electrons. The van der Waals surface area contributed by atoms with Crippen molar-refractivity contribution in [2.45, 2.75) is 227 Å². The molecule has 2 atom stereocenters. The summed E-state index contributed by atoms with van der Waals surface area (Å²) in [6, 6.07) is 0. The lowest BCUT2D eigenvalue weighted by atomic mass is 9.75. The summed E-state index contributed by atoms with van der Waals surface area (Å²) in [6.45, 7) is 66.6. The highest BCUT2D eigenvalue weighted by Gasteiger charge is 2.37. The quantitative estimate of drug-likeness (QED) is 0.244. The van der Waals surface area contributed by atoms with Gasteiger partial charge in [0.25, 0.3) is 0 Å². The van der Waals surface area contributed by atoms with Gasteiger partial charge in [-0.1, -0.05) is 83.1 Å². The second-order valence-electron chi connectivity index (χ2n) is 26.5. The predicted octanol–water partition coefficient (Wildman–Crippen LogP) is 13.4. The van der Waals surface area contributed by atoms with Crippen molar-refractivity contribution >= 4 is 0 Å². The Hall–Kier alpha value is -0.160. The molecule has 54 heavy (non-hydrogen) atoms. The SMILES string of the molecule is CC(C)(C)C1CCN(C(C)(C)C)C1.CC(C)(C)C1CCN(C(C)(C)C)C1.CC(C)(C)C1CCN(C(C)(C)C)CC1.CC(C)(C)C1CCN(C(C)(C)C)CC1. The number of rotatable bonds is 0. The predicted molar refractivity (Wildman–Crippen MR) is 245 cm³/mol. The van der Waals surface area contributed by atoms with Crippen LogP contribution in [0.5, 0.6) is 0 Å². The zero-order valence-electron chi connectivity index (χ0n) is 42.0. The minimum atomic E-state index is 0.361. The van der Waals surface area contributed by atoms with Gasteiger partial charge in [-0.2, -0.15) is 0 Å². The van der Waals surface area contributed by atoms with Crippen molar-refractivity contribution in [3.63, 3.8) is 0 Å². The molecule has 0 aliphatic carbocycles. The van der Waals surface area contributed by atoms with E-state index in [1.807, 2.05) is 0 Å². The lowest BCUT2D eigenvalue weighted by Gasteiger charge is -2.44. The fourth-order valence-corrected chi connectivity index (χ4v) is 8.99. The van der Waals surface area contributed by atoms with Crippen LogP contribution >= 0.6 is 0 Å². The highest BCUT2D eigenvalue weighted by molar-refractivity contribution is 4.91. The van der Waals surface area contributed by atoms with E-state index in [1.54, 1.807) is 0 Å². The maximum atomic E-state index is 2.62. The second kappa shape index (κ2) is 19.3. The molecule has 0 aromatic heterocycles. The molecule has 4 nitrogen and oxygen atoms in total. The minimum Gasteiger partial charge on any atom is -0.298 e. The Labute approximate surface area is 343 Å². The first kappa shape index (κ1) is 51.9. The van der Waals surface area contributed by atoms with E-state index in [0.717, 1.165) is 23.7 Å². The average molecular weight is 761 g/mol. The largest absolute Gasteiger partial charge is 0.298 e. The molecular formula is C50H104N4. The van der Waals surface area contributed by atoms with Crippen molar-refractivity contribution < 1.29 is 0 Å². The van der Waals surface area contributed by atoms with Crippen LogP contribution in [0.1, 0.15) is 205 Å². The molecule has 2 unspecified atom stereocenters. The molecule has 0 amide bonds. The summed E-state index contributed by atoms with van der Waals surface area (Å²) in [5, 5.41) is 0. The van der Waals surface area contributed by atoms with E-state index in [-0.39, 0.29) is 0 Å². The van der Waals surface area contributed by atoms with Gasteiger partial charge in [0.15, 0.2) is 0 Å². The van der Waals surface area contributed by atoms with E-state index in [1.165, 1.54) is 90.9 Å². The fraction of sp³-hybridized carbons (Fsp3) is 1.00. The van der Waals surface area contributed by atoms with Crippen LogP contribution in [0.15, 0.2) is 0 Å². The van der Waals surface area contributed by atoms with Crippen molar-refractivity contribution in [3.05, 3.63) is 0 Å². The number of piperidine rings is 2. The van der Waals surface area contributed by atoms with Gasteiger partial charge in [0.1, 0.15) is 0 Å². The third kappa shape index (κ3) is 18.2. The van der Waals surface area contributed by atoms with Gasteiger partial charge in [-0.3, -0.25) is 19.6 Å². The Morgan fingerprint density at radius 3 is 0.537 bits per heavy atom. The van der Waals surface area contributed by atoms with Gasteiger partial charge in [-0.05, 0) is 206 Å². The van der Waals surface area contributed by atoms with Crippen LogP contribution in [-0.4, -0.2) is 94.1 Å². The van der Waals surface area contributed by atoms with Crippen LogP contribution in [0, 0.1) is 45.3 Å². The first-order chi connectivity index (χ1) is 23.8. The van der Waals surface area contributed by atoms with Crippen LogP contribution in [0.4, 0.5) is 0 Å². The molecular weight excluding hydrogens is 657 g/mol. The Kier molecular flexibility index (Phi) is 18.5. The Balaban J connectivity index is 0.000000360.